The van der Waals surface area contributed by atoms with Crippen LogP contribution in [0.2, 0.25) is 0 Å². The number of hydrogen-bond acceptors (Lipinski definition) is 1. The largest absolute Gasteiger partial charge is 0.382 e. The van der Waals surface area contributed by atoms with Gasteiger partial charge in [0, 0.05) is 18.7 Å². The van der Waals surface area contributed by atoms with E-state index in [0.717, 1.165) is 18.9 Å². The summed E-state index contributed by atoms with van der Waals surface area (Å²) >= 11 is 0. The van der Waals surface area contributed by atoms with Gasteiger partial charge < -0.3 is 5.32 Å². The minimum Gasteiger partial charge on any atom is -0.382 e. The van der Waals surface area contributed by atoms with E-state index >= 15 is 0 Å². The zero-order chi connectivity index (χ0) is 12.1. The van der Waals surface area contributed by atoms with Gasteiger partial charge in [-0.2, -0.15) is 0 Å². The highest BCUT2D eigenvalue weighted by molar-refractivity contribution is 5.45. The molecule has 0 saturated heterocycles. The van der Waals surface area contributed by atoms with E-state index in [2.05, 4.69) is 12.2 Å². The van der Waals surface area contributed by atoms with Crippen LogP contribution < -0.4 is 5.32 Å². The van der Waals surface area contributed by atoms with Crippen LogP contribution in [0.3, 0.4) is 0 Å². The van der Waals surface area contributed by atoms with Gasteiger partial charge in [0.25, 0.3) is 0 Å². The Kier molecular flexibility index (Phi) is 4.65. The van der Waals surface area contributed by atoms with Crippen LogP contribution >= 0.6 is 0 Å². The molecule has 4 heteroatoms. The monoisotopic (exact) mass is 231 g/mol. The normalized spacial score (nSPS) is 12.6. The lowest BCUT2D eigenvalue weighted by molar-refractivity contribution is 0.494. The molecule has 0 aliphatic heterocycles. The summed E-state index contributed by atoms with van der Waals surface area (Å²) in [6, 6.07) is 1.41. The van der Waals surface area contributed by atoms with Gasteiger partial charge in [-0.1, -0.05) is 20.3 Å². The summed E-state index contributed by atoms with van der Waals surface area (Å²) in [5, 5.41) is 2.78. The third-order valence-corrected chi connectivity index (χ3v) is 2.43. The Morgan fingerprint density at radius 1 is 1.12 bits per heavy atom. The van der Waals surface area contributed by atoms with Gasteiger partial charge >= 0.3 is 0 Å². The van der Waals surface area contributed by atoms with E-state index < -0.39 is 17.5 Å². The summed E-state index contributed by atoms with van der Waals surface area (Å²) in [4.78, 5) is 0. The summed E-state index contributed by atoms with van der Waals surface area (Å²) < 4.78 is 38.7. The van der Waals surface area contributed by atoms with Crippen LogP contribution in [0.25, 0.3) is 0 Å². The van der Waals surface area contributed by atoms with Crippen LogP contribution in [-0.4, -0.2) is 6.54 Å². The molecule has 0 spiro atoms. The van der Waals surface area contributed by atoms with Crippen LogP contribution in [0.15, 0.2) is 12.1 Å². The van der Waals surface area contributed by atoms with Gasteiger partial charge in [0.1, 0.15) is 5.82 Å². The number of benzene rings is 1. The predicted molar refractivity (Wildman–Crippen MR) is 58.9 cm³/mol. The van der Waals surface area contributed by atoms with Crippen LogP contribution in [0.5, 0.6) is 0 Å². The molecule has 0 heterocycles. The van der Waals surface area contributed by atoms with Crippen molar-refractivity contribution in [2.75, 3.05) is 11.9 Å². The Balaban J connectivity index is 2.63. The fraction of sp³-hybridized carbons (Fsp3) is 0.500. The van der Waals surface area contributed by atoms with E-state index in [4.69, 9.17) is 0 Å². The van der Waals surface area contributed by atoms with E-state index in [-0.39, 0.29) is 5.69 Å². The van der Waals surface area contributed by atoms with E-state index in [0.29, 0.717) is 18.5 Å². The SMILES string of the molecule is CCCC(C)CNc1cc(F)c(F)cc1F. The molecular formula is C12H16F3N. The van der Waals surface area contributed by atoms with Crippen LogP contribution in [0.1, 0.15) is 26.7 Å². The number of halogens is 3. The van der Waals surface area contributed by atoms with Crippen molar-refractivity contribution >= 4 is 5.69 Å². The molecule has 1 nitrogen and oxygen atoms in total. The molecule has 16 heavy (non-hydrogen) atoms. The summed E-state index contributed by atoms with van der Waals surface area (Å²) in [7, 11) is 0. The van der Waals surface area contributed by atoms with Gasteiger partial charge in [-0.25, -0.2) is 13.2 Å². The maximum absolute atomic E-state index is 13.2. The molecule has 0 amide bonds. The summed E-state index contributed by atoms with van der Waals surface area (Å²) in [6.07, 6.45) is 2.06. The molecule has 0 radical (unpaired) electrons. The Bertz CT molecular complexity index is 352. The van der Waals surface area contributed by atoms with Crippen molar-refractivity contribution in [2.45, 2.75) is 26.7 Å². The zero-order valence-corrected chi connectivity index (χ0v) is 9.49. The molecule has 0 saturated carbocycles. The second kappa shape index (κ2) is 5.77. The molecule has 0 aliphatic carbocycles. The Labute approximate surface area is 93.7 Å². The maximum Gasteiger partial charge on any atom is 0.161 e. The van der Waals surface area contributed by atoms with Gasteiger partial charge in [0.15, 0.2) is 11.6 Å². The molecule has 0 bridgehead atoms. The average Bonchev–Trinajstić information content (AvgIpc) is 2.22. The molecular weight excluding hydrogens is 215 g/mol. The topological polar surface area (TPSA) is 12.0 Å². The van der Waals surface area contributed by atoms with E-state index in [1.165, 1.54) is 0 Å². The quantitative estimate of drug-likeness (QED) is 0.756. The van der Waals surface area contributed by atoms with E-state index in [1.807, 2.05) is 6.92 Å². The van der Waals surface area contributed by atoms with Crippen LogP contribution in [-0.2, 0) is 0 Å². The van der Waals surface area contributed by atoms with Crippen molar-refractivity contribution in [1.29, 1.82) is 0 Å². The fourth-order valence-electron chi connectivity index (χ4n) is 1.54. The second-order valence-corrected chi connectivity index (χ2v) is 4.02. The molecule has 1 aromatic rings. The molecule has 1 rings (SSSR count). The summed E-state index contributed by atoms with van der Waals surface area (Å²) in [5.41, 5.74) is 0.0156. The van der Waals surface area contributed by atoms with Gasteiger partial charge in [0.2, 0.25) is 0 Å². The molecule has 0 fully saturated rings. The maximum atomic E-state index is 13.2. The molecule has 1 N–H and O–H groups in total. The van der Waals surface area contributed by atoms with Crippen molar-refractivity contribution in [2.24, 2.45) is 5.92 Å². The van der Waals surface area contributed by atoms with Crippen molar-refractivity contribution in [1.82, 2.24) is 0 Å². The van der Waals surface area contributed by atoms with Crippen LogP contribution in [0.4, 0.5) is 18.9 Å². The Morgan fingerprint density at radius 3 is 2.38 bits per heavy atom. The van der Waals surface area contributed by atoms with Gasteiger partial charge in [0.05, 0.1) is 5.69 Å². The predicted octanol–water partition coefficient (Wildman–Crippen LogP) is 3.95. The minimum atomic E-state index is -1.16. The Hall–Kier alpha value is -1.19. The average molecular weight is 231 g/mol. The van der Waals surface area contributed by atoms with Gasteiger partial charge in [-0.15, -0.1) is 0 Å². The first-order chi connectivity index (χ1) is 7.54. The van der Waals surface area contributed by atoms with Crippen LogP contribution in [0, 0.1) is 23.4 Å². The van der Waals surface area contributed by atoms with Crippen molar-refractivity contribution in [3.05, 3.63) is 29.6 Å². The second-order valence-electron chi connectivity index (χ2n) is 4.02. The van der Waals surface area contributed by atoms with Gasteiger partial charge in [-0.05, 0) is 12.3 Å². The minimum absolute atomic E-state index is 0.0156. The molecule has 1 unspecified atom stereocenters. The van der Waals surface area contributed by atoms with Gasteiger partial charge in [-0.3, -0.25) is 0 Å². The third-order valence-electron chi connectivity index (χ3n) is 2.43. The molecule has 1 aromatic carbocycles. The molecule has 1 atom stereocenters. The first kappa shape index (κ1) is 12.9. The standard InChI is InChI=1S/C12H16F3N/c1-3-4-8(2)7-16-12-6-10(14)9(13)5-11(12)15/h5-6,8,16H,3-4,7H2,1-2H3. The van der Waals surface area contributed by atoms with Crippen molar-refractivity contribution in [3.63, 3.8) is 0 Å². The first-order valence-electron chi connectivity index (χ1n) is 5.43. The fourth-order valence-corrected chi connectivity index (χ4v) is 1.54. The molecule has 90 valence electrons. The number of nitrogens with one attached hydrogen (secondary N) is 1. The number of rotatable bonds is 5. The number of anilines is 1. The lowest BCUT2D eigenvalue weighted by atomic mass is 10.1. The lowest BCUT2D eigenvalue weighted by Gasteiger charge is -2.13. The summed E-state index contributed by atoms with van der Waals surface area (Å²) in [5.74, 6) is -2.59. The van der Waals surface area contributed by atoms with Crippen molar-refractivity contribution in [3.8, 4) is 0 Å². The highest BCUT2D eigenvalue weighted by Gasteiger charge is 2.10. The smallest absolute Gasteiger partial charge is 0.161 e. The Morgan fingerprint density at radius 2 is 1.75 bits per heavy atom. The molecule has 0 aromatic heterocycles. The van der Waals surface area contributed by atoms with Crippen molar-refractivity contribution < 1.29 is 13.2 Å². The first-order valence-corrected chi connectivity index (χ1v) is 5.43. The zero-order valence-electron chi connectivity index (χ0n) is 9.49. The highest BCUT2D eigenvalue weighted by Crippen LogP contribution is 2.19. The third kappa shape index (κ3) is 3.43. The van der Waals surface area contributed by atoms with E-state index in [9.17, 15) is 13.2 Å². The number of hydrogen-bond donors (Lipinski definition) is 1. The molecule has 0 aliphatic rings. The highest BCUT2D eigenvalue weighted by atomic mass is 19.2. The lowest BCUT2D eigenvalue weighted by Crippen LogP contribution is -2.12. The summed E-state index contributed by atoms with van der Waals surface area (Å²) in [6.45, 7) is 4.64. The van der Waals surface area contributed by atoms with E-state index in [1.54, 1.807) is 0 Å².